The summed E-state index contributed by atoms with van der Waals surface area (Å²) >= 11 is 0. The van der Waals surface area contributed by atoms with E-state index < -0.39 is 71.9 Å². The second-order valence-electron chi connectivity index (χ2n) is 13.2. The van der Waals surface area contributed by atoms with Gasteiger partial charge in [0.1, 0.15) is 12.1 Å². The molecule has 2 aliphatic rings. The molecule has 0 aromatic heterocycles. The number of rotatable bonds is 11. The summed E-state index contributed by atoms with van der Waals surface area (Å²) in [6.07, 6.45) is 2.09. The Balaban J connectivity index is 1.85. The molecule has 238 valence electrons. The summed E-state index contributed by atoms with van der Waals surface area (Å²) in [5, 5.41) is 16.7. The molecule has 2 fully saturated rings. The molecule has 0 bridgehead atoms. The minimum atomic E-state index is -3.15. The number of nitrogens with zero attached hydrogens (tertiary/aromatic N) is 1. The van der Waals surface area contributed by atoms with E-state index in [2.05, 4.69) is 16.0 Å². The van der Waals surface area contributed by atoms with Crippen LogP contribution in [-0.4, -0.2) is 70.2 Å². The van der Waals surface area contributed by atoms with Crippen molar-refractivity contribution in [2.24, 2.45) is 10.8 Å². The van der Waals surface area contributed by atoms with Crippen LogP contribution in [0, 0.1) is 10.8 Å². The first-order chi connectivity index (χ1) is 20.0. The van der Waals surface area contributed by atoms with Gasteiger partial charge in [-0.25, -0.2) is 13.6 Å². The standard InChI is InChI=1S/C31H44F2N4O6/c1-29(2,3)24(36-28(42)43)27(41)37-19-31(14-9-6-10-15-31)17-22(37)25(39)35-21(13-16-30(4,32)33)23(38)26(40)34-18-20-11-7-5-8-12-20/h5,7-8,11-12,21-22,24,36H,6,9-10,13-19H2,1-4H3,(H,34,40)(H,35,39)(H,42,43)/t21?,22-,24?/m0/s1. The fourth-order valence-corrected chi connectivity index (χ4v) is 6.08. The summed E-state index contributed by atoms with van der Waals surface area (Å²) in [6.45, 7) is 6.09. The van der Waals surface area contributed by atoms with E-state index in [4.69, 9.17) is 0 Å². The van der Waals surface area contributed by atoms with E-state index in [-0.39, 0.29) is 18.5 Å². The average Bonchev–Trinajstić information content (AvgIpc) is 3.30. The van der Waals surface area contributed by atoms with Gasteiger partial charge in [-0.15, -0.1) is 0 Å². The lowest BCUT2D eigenvalue weighted by atomic mass is 9.72. The van der Waals surface area contributed by atoms with Gasteiger partial charge in [-0.05, 0) is 49.0 Å². The number of benzene rings is 1. The largest absolute Gasteiger partial charge is 0.465 e. The van der Waals surface area contributed by atoms with Crippen LogP contribution in [-0.2, 0) is 25.7 Å². The van der Waals surface area contributed by atoms with Crippen LogP contribution in [0.3, 0.4) is 0 Å². The number of carboxylic acid groups (broad SMARTS) is 1. The summed E-state index contributed by atoms with van der Waals surface area (Å²) in [7, 11) is 0. The summed E-state index contributed by atoms with van der Waals surface area (Å²) in [6, 6.07) is 5.07. The molecule has 1 aromatic carbocycles. The zero-order chi connectivity index (χ0) is 32.0. The van der Waals surface area contributed by atoms with Crippen molar-refractivity contribution in [1.82, 2.24) is 20.9 Å². The summed E-state index contributed by atoms with van der Waals surface area (Å²) in [4.78, 5) is 66.6. The van der Waals surface area contributed by atoms with Crippen molar-refractivity contribution in [3.05, 3.63) is 35.9 Å². The van der Waals surface area contributed by atoms with E-state index in [0.29, 0.717) is 13.3 Å². The molecule has 1 heterocycles. The Morgan fingerprint density at radius 3 is 2.19 bits per heavy atom. The van der Waals surface area contributed by atoms with Gasteiger partial charge in [0, 0.05) is 19.5 Å². The van der Waals surface area contributed by atoms with E-state index in [9.17, 15) is 37.9 Å². The van der Waals surface area contributed by atoms with E-state index in [1.165, 1.54) is 4.90 Å². The SMILES string of the molecule is CC(F)(F)CCC(NC(=O)[C@@H]1CC2(CCCCC2)CN1C(=O)C(NC(=O)O)C(C)(C)C)C(=O)C(=O)NCc1ccccc1. The van der Waals surface area contributed by atoms with Gasteiger partial charge in [0.25, 0.3) is 5.91 Å². The maximum Gasteiger partial charge on any atom is 0.405 e. The lowest BCUT2D eigenvalue weighted by Crippen LogP contribution is -2.59. The van der Waals surface area contributed by atoms with Gasteiger partial charge in [0.2, 0.25) is 23.5 Å². The van der Waals surface area contributed by atoms with Crippen molar-refractivity contribution in [1.29, 1.82) is 0 Å². The first-order valence-electron chi connectivity index (χ1n) is 14.9. The fourth-order valence-electron chi connectivity index (χ4n) is 6.08. The number of ketones is 1. The van der Waals surface area contributed by atoms with E-state index in [0.717, 1.165) is 37.7 Å². The molecule has 1 saturated heterocycles. The predicted molar refractivity (Wildman–Crippen MR) is 155 cm³/mol. The molecule has 4 amide bonds. The Bertz CT molecular complexity index is 1170. The van der Waals surface area contributed by atoms with Crippen LogP contribution in [0.25, 0.3) is 0 Å². The fraction of sp³-hybridized carbons (Fsp3) is 0.645. The molecule has 12 heteroatoms. The second-order valence-corrected chi connectivity index (χ2v) is 13.2. The van der Waals surface area contributed by atoms with Crippen molar-refractivity contribution >= 4 is 29.6 Å². The number of carbonyl (C=O) groups is 5. The minimum Gasteiger partial charge on any atom is -0.465 e. The summed E-state index contributed by atoms with van der Waals surface area (Å²) in [5.41, 5.74) is -0.448. The second kappa shape index (κ2) is 13.8. The highest BCUT2D eigenvalue weighted by atomic mass is 19.3. The molecule has 1 aliphatic heterocycles. The maximum atomic E-state index is 13.9. The van der Waals surface area contributed by atoms with Gasteiger partial charge < -0.3 is 26.0 Å². The molecule has 1 aliphatic carbocycles. The highest BCUT2D eigenvalue weighted by Gasteiger charge is 2.51. The maximum absolute atomic E-state index is 13.9. The summed E-state index contributed by atoms with van der Waals surface area (Å²) < 4.78 is 27.7. The Labute approximate surface area is 251 Å². The van der Waals surface area contributed by atoms with Gasteiger partial charge >= 0.3 is 6.09 Å². The molecule has 1 spiro atoms. The zero-order valence-electron chi connectivity index (χ0n) is 25.4. The minimum absolute atomic E-state index is 0.0359. The molecule has 1 saturated carbocycles. The third kappa shape index (κ3) is 9.46. The molecular weight excluding hydrogens is 562 g/mol. The molecule has 10 nitrogen and oxygen atoms in total. The molecule has 3 rings (SSSR count). The highest BCUT2D eigenvalue weighted by molar-refractivity contribution is 6.38. The topological polar surface area (TPSA) is 145 Å². The Hall–Kier alpha value is -3.57. The number of alkyl halides is 2. The highest BCUT2D eigenvalue weighted by Crippen LogP contribution is 2.47. The van der Waals surface area contributed by atoms with Gasteiger partial charge in [-0.3, -0.25) is 19.2 Å². The van der Waals surface area contributed by atoms with Crippen LogP contribution in [0.2, 0.25) is 0 Å². The van der Waals surface area contributed by atoms with Crippen LogP contribution in [0.4, 0.5) is 13.6 Å². The van der Waals surface area contributed by atoms with E-state index in [1.807, 2.05) is 0 Å². The number of Topliss-reactive ketones (excluding diaryl/α,β-unsaturated/α-hetero) is 1. The van der Waals surface area contributed by atoms with Crippen LogP contribution < -0.4 is 16.0 Å². The lowest BCUT2D eigenvalue weighted by molar-refractivity contribution is -0.144. The van der Waals surface area contributed by atoms with Crippen molar-refractivity contribution in [3.63, 3.8) is 0 Å². The lowest BCUT2D eigenvalue weighted by Gasteiger charge is -2.36. The summed E-state index contributed by atoms with van der Waals surface area (Å²) in [5.74, 6) is -6.52. The molecule has 43 heavy (non-hydrogen) atoms. The number of amides is 4. The predicted octanol–water partition coefficient (Wildman–Crippen LogP) is 4.03. The zero-order valence-corrected chi connectivity index (χ0v) is 25.4. The number of halogens is 2. The van der Waals surface area contributed by atoms with Crippen LogP contribution >= 0.6 is 0 Å². The van der Waals surface area contributed by atoms with Crippen molar-refractivity contribution in [2.45, 2.75) is 110 Å². The third-order valence-electron chi connectivity index (χ3n) is 8.41. The Morgan fingerprint density at radius 2 is 1.63 bits per heavy atom. The average molecular weight is 607 g/mol. The number of nitrogens with one attached hydrogen (secondary N) is 3. The van der Waals surface area contributed by atoms with Gasteiger partial charge in [-0.1, -0.05) is 70.4 Å². The van der Waals surface area contributed by atoms with Crippen LogP contribution in [0.1, 0.15) is 84.6 Å². The molecule has 1 aromatic rings. The monoisotopic (exact) mass is 606 g/mol. The number of likely N-dealkylation sites (tertiary alicyclic amines) is 1. The van der Waals surface area contributed by atoms with Gasteiger partial charge in [-0.2, -0.15) is 0 Å². The molecule has 4 N–H and O–H groups in total. The van der Waals surface area contributed by atoms with Crippen molar-refractivity contribution in [3.8, 4) is 0 Å². The van der Waals surface area contributed by atoms with Crippen molar-refractivity contribution in [2.75, 3.05) is 6.54 Å². The molecule has 3 atom stereocenters. The van der Waals surface area contributed by atoms with Gasteiger partial charge in [0.15, 0.2) is 0 Å². The van der Waals surface area contributed by atoms with Gasteiger partial charge in [0.05, 0.1) is 6.04 Å². The first kappa shape index (κ1) is 33.9. The normalized spacial score (nSPS) is 19.8. The number of carbonyl (C=O) groups excluding carboxylic acids is 4. The molecule has 2 unspecified atom stereocenters. The molecular formula is C31H44F2N4O6. The Kier molecular flexibility index (Phi) is 10.9. The smallest absolute Gasteiger partial charge is 0.405 e. The quantitative estimate of drug-likeness (QED) is 0.280. The molecule has 0 radical (unpaired) electrons. The Morgan fingerprint density at radius 1 is 1.00 bits per heavy atom. The first-order valence-corrected chi connectivity index (χ1v) is 14.9. The number of hydrogen-bond donors (Lipinski definition) is 4. The number of hydrogen-bond acceptors (Lipinski definition) is 5. The van der Waals surface area contributed by atoms with Crippen LogP contribution in [0.5, 0.6) is 0 Å². The van der Waals surface area contributed by atoms with E-state index >= 15 is 0 Å². The van der Waals surface area contributed by atoms with Crippen molar-refractivity contribution < 1.29 is 37.9 Å². The van der Waals surface area contributed by atoms with Crippen LogP contribution in [0.15, 0.2) is 30.3 Å². The third-order valence-corrected chi connectivity index (χ3v) is 8.41. The van der Waals surface area contributed by atoms with E-state index in [1.54, 1.807) is 51.1 Å².